The molecule has 18 heavy (non-hydrogen) atoms. The molecule has 0 bridgehead atoms. The Hall–Kier alpha value is -1.26. The van der Waals surface area contributed by atoms with E-state index in [9.17, 15) is 0 Å². The molecular formula is C13H14ClN3S. The van der Waals surface area contributed by atoms with Gasteiger partial charge in [-0.1, -0.05) is 23.7 Å². The van der Waals surface area contributed by atoms with Crippen LogP contribution in [0.4, 0.5) is 5.82 Å². The van der Waals surface area contributed by atoms with Gasteiger partial charge in [0.2, 0.25) is 0 Å². The molecule has 1 heterocycles. The molecule has 0 amide bonds. The number of anilines is 1. The fourth-order valence-corrected chi connectivity index (χ4v) is 2.64. The molecule has 2 rings (SSSR count). The predicted molar refractivity (Wildman–Crippen MR) is 76.9 cm³/mol. The van der Waals surface area contributed by atoms with Crippen LogP contribution in [0.5, 0.6) is 0 Å². The van der Waals surface area contributed by atoms with E-state index < -0.39 is 0 Å². The summed E-state index contributed by atoms with van der Waals surface area (Å²) in [4.78, 5) is 8.55. The van der Waals surface area contributed by atoms with Crippen molar-refractivity contribution < 1.29 is 0 Å². The Morgan fingerprint density at radius 1 is 1.17 bits per heavy atom. The van der Waals surface area contributed by atoms with Crippen LogP contribution in [0, 0.1) is 13.8 Å². The fourth-order valence-electron chi connectivity index (χ4n) is 1.50. The van der Waals surface area contributed by atoms with Crippen molar-refractivity contribution in [3.05, 3.63) is 46.2 Å². The highest BCUT2D eigenvalue weighted by atomic mass is 35.5. The highest BCUT2D eigenvalue weighted by molar-refractivity contribution is 7.98. The van der Waals surface area contributed by atoms with Gasteiger partial charge in [-0.2, -0.15) is 0 Å². The van der Waals surface area contributed by atoms with Crippen LogP contribution >= 0.6 is 23.4 Å². The van der Waals surface area contributed by atoms with Crippen molar-refractivity contribution in [1.82, 2.24) is 9.97 Å². The maximum Gasteiger partial charge on any atom is 0.131 e. The summed E-state index contributed by atoms with van der Waals surface area (Å²) in [7, 11) is 0. The summed E-state index contributed by atoms with van der Waals surface area (Å²) < 4.78 is 0. The molecular weight excluding hydrogens is 266 g/mol. The number of nitrogen functional groups attached to an aromatic ring is 1. The van der Waals surface area contributed by atoms with Crippen LogP contribution in [0.15, 0.2) is 29.3 Å². The molecule has 0 unspecified atom stereocenters. The van der Waals surface area contributed by atoms with Gasteiger partial charge in [-0.3, -0.25) is 0 Å². The zero-order valence-electron chi connectivity index (χ0n) is 10.3. The number of rotatable bonds is 3. The van der Waals surface area contributed by atoms with Gasteiger partial charge in [-0.05, 0) is 31.5 Å². The zero-order valence-corrected chi connectivity index (χ0v) is 11.8. The fraction of sp³-hybridized carbons (Fsp3) is 0.231. The number of nitrogens with zero attached hydrogens (tertiary/aromatic N) is 2. The summed E-state index contributed by atoms with van der Waals surface area (Å²) in [5.41, 5.74) is 7.98. The van der Waals surface area contributed by atoms with Crippen molar-refractivity contribution in [3.63, 3.8) is 0 Å². The number of thioether (sulfide) groups is 1. The van der Waals surface area contributed by atoms with E-state index in [0.717, 1.165) is 21.4 Å². The molecule has 0 aliphatic heterocycles. The van der Waals surface area contributed by atoms with Gasteiger partial charge in [-0.25, -0.2) is 9.97 Å². The lowest BCUT2D eigenvalue weighted by Crippen LogP contribution is -2.01. The second kappa shape index (κ2) is 5.59. The lowest BCUT2D eigenvalue weighted by molar-refractivity contribution is 0.946. The van der Waals surface area contributed by atoms with Gasteiger partial charge in [0.15, 0.2) is 0 Å². The van der Waals surface area contributed by atoms with E-state index in [1.165, 1.54) is 5.56 Å². The molecule has 2 N–H and O–H groups in total. The summed E-state index contributed by atoms with van der Waals surface area (Å²) in [6, 6.07) is 7.82. The molecule has 94 valence electrons. The molecule has 0 saturated heterocycles. The Labute approximate surface area is 116 Å². The van der Waals surface area contributed by atoms with E-state index in [0.29, 0.717) is 11.6 Å². The highest BCUT2D eigenvalue weighted by Gasteiger charge is 2.07. The second-order valence-electron chi connectivity index (χ2n) is 4.00. The number of aryl methyl sites for hydroxylation is 1. The van der Waals surface area contributed by atoms with Gasteiger partial charge in [0.25, 0.3) is 0 Å². The number of hydrogen-bond donors (Lipinski definition) is 1. The minimum atomic E-state index is 0.557. The molecule has 1 aromatic heterocycles. The van der Waals surface area contributed by atoms with Crippen LogP contribution in [-0.2, 0) is 5.75 Å². The van der Waals surface area contributed by atoms with E-state index in [-0.39, 0.29) is 0 Å². The van der Waals surface area contributed by atoms with Crippen molar-refractivity contribution >= 4 is 29.2 Å². The molecule has 0 spiro atoms. The number of aromatic nitrogens is 2. The minimum absolute atomic E-state index is 0.557. The summed E-state index contributed by atoms with van der Waals surface area (Å²) in [6.45, 7) is 3.79. The van der Waals surface area contributed by atoms with Gasteiger partial charge in [0, 0.05) is 16.3 Å². The average Bonchev–Trinajstić information content (AvgIpc) is 2.34. The van der Waals surface area contributed by atoms with E-state index in [4.69, 9.17) is 17.3 Å². The molecule has 3 nitrogen and oxygen atoms in total. The summed E-state index contributed by atoms with van der Waals surface area (Å²) in [6.07, 6.45) is 0. The molecule has 0 aliphatic rings. The normalized spacial score (nSPS) is 10.6. The monoisotopic (exact) mass is 279 g/mol. The first-order valence-electron chi connectivity index (χ1n) is 5.54. The summed E-state index contributed by atoms with van der Waals surface area (Å²) >= 11 is 7.51. The third-order valence-corrected chi connectivity index (χ3v) is 3.94. The molecule has 0 atom stereocenters. The van der Waals surface area contributed by atoms with Crippen molar-refractivity contribution in [2.75, 3.05) is 5.73 Å². The maximum absolute atomic E-state index is 5.85. The first-order valence-corrected chi connectivity index (χ1v) is 6.90. The highest BCUT2D eigenvalue weighted by Crippen LogP contribution is 2.26. The van der Waals surface area contributed by atoms with Crippen LogP contribution in [0.2, 0.25) is 5.02 Å². The Morgan fingerprint density at radius 3 is 2.50 bits per heavy atom. The Kier molecular flexibility index (Phi) is 4.09. The zero-order chi connectivity index (χ0) is 13.1. The van der Waals surface area contributed by atoms with E-state index in [2.05, 4.69) is 9.97 Å². The molecule has 2 aromatic rings. The van der Waals surface area contributed by atoms with Gasteiger partial charge < -0.3 is 5.73 Å². The topological polar surface area (TPSA) is 51.8 Å². The van der Waals surface area contributed by atoms with Crippen LogP contribution in [0.3, 0.4) is 0 Å². The predicted octanol–water partition coefficient (Wildman–Crippen LogP) is 3.62. The Bertz CT molecular complexity index is 555. The smallest absolute Gasteiger partial charge is 0.131 e. The molecule has 1 aromatic carbocycles. The number of halogens is 1. The largest absolute Gasteiger partial charge is 0.383 e. The minimum Gasteiger partial charge on any atom is -0.383 e. The van der Waals surface area contributed by atoms with Crippen molar-refractivity contribution in [1.29, 1.82) is 0 Å². The van der Waals surface area contributed by atoms with Crippen LogP contribution in [0.1, 0.15) is 17.0 Å². The molecule has 0 aliphatic carbocycles. The molecule has 0 saturated carbocycles. The summed E-state index contributed by atoms with van der Waals surface area (Å²) in [5, 5.41) is 1.69. The standard InChI is InChI=1S/C13H14ClN3S/c1-8-12(15)16-9(2)17-13(8)18-7-10-3-5-11(14)6-4-10/h3-6H,7H2,1-2H3,(H2,15,16,17). The van der Waals surface area contributed by atoms with Crippen molar-refractivity contribution in [3.8, 4) is 0 Å². The third kappa shape index (κ3) is 3.15. The number of benzene rings is 1. The first-order chi connectivity index (χ1) is 8.56. The van der Waals surface area contributed by atoms with E-state index >= 15 is 0 Å². The third-order valence-electron chi connectivity index (χ3n) is 2.54. The van der Waals surface area contributed by atoms with Crippen molar-refractivity contribution in [2.24, 2.45) is 0 Å². The Balaban J connectivity index is 2.13. The second-order valence-corrected chi connectivity index (χ2v) is 5.40. The SMILES string of the molecule is Cc1nc(N)c(C)c(SCc2ccc(Cl)cc2)n1. The average molecular weight is 280 g/mol. The van der Waals surface area contributed by atoms with Crippen LogP contribution in [0.25, 0.3) is 0 Å². The lowest BCUT2D eigenvalue weighted by Gasteiger charge is -2.08. The van der Waals surface area contributed by atoms with E-state index in [1.54, 1.807) is 11.8 Å². The molecule has 0 radical (unpaired) electrons. The lowest BCUT2D eigenvalue weighted by atomic mass is 10.2. The number of nitrogens with two attached hydrogens (primary N) is 1. The maximum atomic E-state index is 5.85. The van der Waals surface area contributed by atoms with Gasteiger partial charge in [-0.15, -0.1) is 11.8 Å². The van der Waals surface area contributed by atoms with Crippen LogP contribution < -0.4 is 5.73 Å². The van der Waals surface area contributed by atoms with Gasteiger partial charge >= 0.3 is 0 Å². The molecule has 0 fully saturated rings. The number of hydrogen-bond acceptors (Lipinski definition) is 4. The van der Waals surface area contributed by atoms with Crippen LogP contribution in [-0.4, -0.2) is 9.97 Å². The quantitative estimate of drug-likeness (QED) is 0.689. The summed E-state index contributed by atoms with van der Waals surface area (Å²) in [5.74, 6) is 2.10. The Morgan fingerprint density at radius 2 is 1.83 bits per heavy atom. The van der Waals surface area contributed by atoms with Gasteiger partial charge in [0.05, 0.1) is 0 Å². The van der Waals surface area contributed by atoms with Gasteiger partial charge in [0.1, 0.15) is 16.7 Å². The first kappa shape index (κ1) is 13.2. The van der Waals surface area contributed by atoms with Crippen molar-refractivity contribution in [2.45, 2.75) is 24.6 Å². The molecule has 5 heteroatoms. The van der Waals surface area contributed by atoms with E-state index in [1.807, 2.05) is 38.1 Å².